The van der Waals surface area contributed by atoms with Crippen molar-refractivity contribution in [3.63, 3.8) is 0 Å². The molecule has 0 fully saturated rings. The number of fused-ring (bicyclic) bond motifs is 1. The number of anilines is 3. The van der Waals surface area contributed by atoms with E-state index in [2.05, 4.69) is 50.7 Å². The van der Waals surface area contributed by atoms with Crippen molar-refractivity contribution in [1.29, 1.82) is 0 Å². The number of hydrogen-bond acceptors (Lipinski definition) is 18. The molecule has 7 N–H and O–H groups in total. The zero-order chi connectivity index (χ0) is 46.3. The Morgan fingerprint density at radius 1 is 0.485 bits per heavy atom. The van der Waals surface area contributed by atoms with Crippen molar-refractivity contribution in [1.82, 2.24) is 0 Å². The van der Waals surface area contributed by atoms with Crippen molar-refractivity contribution in [2.75, 3.05) is 41.7 Å². The number of phenols is 3. The second-order valence-corrected chi connectivity index (χ2v) is 16.6. The molecule has 0 aromatic heterocycles. The van der Waals surface area contributed by atoms with E-state index in [1.165, 1.54) is 48.5 Å². The molecule has 0 saturated carbocycles. The van der Waals surface area contributed by atoms with Gasteiger partial charge in [-0.2, -0.15) is 37.3 Å². The minimum Gasteiger partial charge on any atom is -0.506 e. The molecule has 0 unspecified atom stereocenters. The molecule has 0 amide bonds. The molecule has 2 radical (unpaired) electrons. The molecule has 0 spiro atoms. The van der Waals surface area contributed by atoms with Crippen molar-refractivity contribution in [2.24, 2.45) is 40.9 Å². The Labute approximate surface area is 424 Å². The summed E-state index contributed by atoms with van der Waals surface area (Å²) in [5.74, 6) is -1.04. The first-order valence-electron chi connectivity index (χ1n) is 19.6. The normalized spacial score (nSPS) is 12.0. The number of phenolic OH excluding ortho intramolecular Hbond substituents is 3. The predicted molar refractivity (Wildman–Crippen MR) is 254 cm³/mol. The molecule has 20 nitrogen and oxygen atoms in total. The van der Waals surface area contributed by atoms with Gasteiger partial charge < -0.3 is 30.9 Å². The van der Waals surface area contributed by atoms with Crippen LogP contribution in [0, 0.1) is 0 Å². The van der Waals surface area contributed by atoms with E-state index in [1.807, 2.05) is 39.8 Å². The maximum absolute atomic E-state index is 12.6. The topological polar surface area (TPSA) is 301 Å². The Kier molecular flexibility index (Phi) is 18.4. The second kappa shape index (κ2) is 22.9. The molecule has 0 bridgehead atoms. The van der Waals surface area contributed by atoms with Gasteiger partial charge in [-0.1, -0.05) is 0 Å². The maximum atomic E-state index is 12.6. The van der Waals surface area contributed by atoms with Crippen LogP contribution in [0.25, 0.3) is 10.8 Å². The number of nitrogen functional groups attached to an aromatic ring is 1. The van der Waals surface area contributed by atoms with Gasteiger partial charge >= 0.3 is 0 Å². The minimum absolute atomic E-state index is 0. The van der Waals surface area contributed by atoms with Crippen molar-refractivity contribution in [2.45, 2.75) is 37.5 Å². The van der Waals surface area contributed by atoms with Crippen molar-refractivity contribution in [3.8, 4) is 17.2 Å². The van der Waals surface area contributed by atoms with Crippen LogP contribution in [-0.2, 0) is 20.2 Å². The van der Waals surface area contributed by atoms with Crippen LogP contribution in [0.3, 0.4) is 0 Å². The Balaban J connectivity index is 0.00000476. The van der Waals surface area contributed by atoms with Gasteiger partial charge in [0.15, 0.2) is 5.75 Å². The fraction of sp³-hybridized carbons (Fsp3) is 0.190. The van der Waals surface area contributed by atoms with Gasteiger partial charge in [0.1, 0.15) is 44.0 Å². The third-order valence-corrected chi connectivity index (χ3v) is 11.6. The smallest absolute Gasteiger partial charge is 0.296 e. The van der Waals surface area contributed by atoms with E-state index < -0.39 is 52.8 Å². The van der Waals surface area contributed by atoms with Crippen LogP contribution in [0.2, 0.25) is 0 Å². The number of nitrogens with zero attached hydrogens (tertiary/aromatic N) is 10. The molecular weight excluding hydrogens is 913 g/mol. The van der Waals surface area contributed by atoms with Crippen molar-refractivity contribution in [3.05, 3.63) is 97.1 Å². The molecule has 6 rings (SSSR count). The second-order valence-electron chi connectivity index (χ2n) is 13.8. The van der Waals surface area contributed by atoms with E-state index in [9.17, 15) is 41.3 Å². The maximum Gasteiger partial charge on any atom is 0.296 e. The molecule has 0 saturated heterocycles. The van der Waals surface area contributed by atoms with Crippen LogP contribution in [-0.4, -0.2) is 127 Å². The monoisotopic (exact) mass is 955 g/mol. The van der Waals surface area contributed by atoms with Gasteiger partial charge in [-0.15, -0.1) is 20.5 Å². The van der Waals surface area contributed by atoms with E-state index in [-0.39, 0.29) is 104 Å². The van der Waals surface area contributed by atoms with Crippen molar-refractivity contribution < 1.29 is 41.3 Å². The molecule has 6 aromatic rings. The number of rotatable bonds is 16. The summed E-state index contributed by atoms with van der Waals surface area (Å²) in [6.45, 7) is 11.0. The summed E-state index contributed by atoms with van der Waals surface area (Å²) in [4.78, 5) is 2.27. The summed E-state index contributed by atoms with van der Waals surface area (Å²) >= 11 is 0. The Morgan fingerprint density at radius 3 is 1.15 bits per heavy atom. The molecule has 0 aliphatic rings. The molecule has 6 aromatic carbocycles. The number of azo groups is 4. The van der Waals surface area contributed by atoms with Gasteiger partial charge in [-0.3, -0.25) is 9.11 Å². The summed E-state index contributed by atoms with van der Waals surface area (Å²) in [6, 6.07) is 23.6. The summed E-state index contributed by atoms with van der Waals surface area (Å²) in [5.41, 5.74) is 7.62. The van der Waals surface area contributed by atoms with Gasteiger partial charge in [-0.05, 0) is 118 Å². The molecule has 66 heavy (non-hydrogen) atoms. The van der Waals surface area contributed by atoms with Gasteiger partial charge in [0.05, 0.1) is 33.8 Å². The fourth-order valence-electron chi connectivity index (χ4n) is 6.48. The first-order valence-corrected chi connectivity index (χ1v) is 22.4. The zero-order valence-electron chi connectivity index (χ0n) is 36.8. The van der Waals surface area contributed by atoms with E-state index >= 15 is 0 Å². The van der Waals surface area contributed by atoms with Crippen LogP contribution in [0.4, 0.5) is 62.6 Å². The zero-order valence-corrected chi connectivity index (χ0v) is 42.4. The number of nitrogens with two attached hydrogens (primary N) is 1. The minimum atomic E-state index is -5.14. The Bertz CT molecular complexity index is 2860. The summed E-state index contributed by atoms with van der Waals surface area (Å²) < 4.78 is 70.5. The summed E-state index contributed by atoms with van der Waals surface area (Å²) in [6.07, 6.45) is 0. The molecule has 0 aliphatic carbocycles. The standard InChI is InChI=1S/C42H43N11O9S2.2Na/c1-5-52(6-2)30-17-19-32(34(54)23-30)48-44-26-9-13-28(14-10-26)46-50-40-36(63(57,58)59)21-25-22-37(64(60,61)62)41(42(56)38(25)39(40)43)51-47-29-15-11-27(12-16-29)45-49-33-20-18-31(24-35(33)55)53(7-3)8-4;;/h9-24,54-56H,5-8,43H2,1-4H3,(H,57,58,59)(H,60,61,62);;. The molecule has 0 heterocycles. The SMILES string of the molecule is CCN(CC)c1ccc(N=Nc2ccc(N=Nc3c(S(=O)(=O)O)cc4cc(S(=O)(=O)O)c(N=Nc5ccc(N=Nc6ccc(N(CC)CC)cc6O)cc5)c(O)c4c3N)cc2)c(O)c1.[Na].[Na]. The predicted octanol–water partition coefficient (Wildman–Crippen LogP) is 10.6. The molecule has 334 valence electrons. The largest absolute Gasteiger partial charge is 0.506 e. The van der Waals surface area contributed by atoms with Gasteiger partial charge in [-0.25, -0.2) is 0 Å². The quantitative estimate of drug-likeness (QED) is 0.0228. The van der Waals surface area contributed by atoms with Gasteiger partial charge in [0.2, 0.25) is 0 Å². The third-order valence-electron chi connectivity index (χ3n) is 9.82. The van der Waals surface area contributed by atoms with E-state index in [1.54, 1.807) is 24.3 Å². The van der Waals surface area contributed by atoms with E-state index in [0.29, 0.717) is 11.4 Å². The van der Waals surface area contributed by atoms with Crippen molar-refractivity contribution >= 4 is 153 Å². The van der Waals surface area contributed by atoms with E-state index in [0.717, 1.165) is 49.7 Å². The molecular formula is C42H43N11Na2O9S2. The number of hydrogen-bond donors (Lipinski definition) is 6. The van der Waals surface area contributed by atoms with Gasteiger partial charge in [0.25, 0.3) is 20.2 Å². The average molecular weight is 956 g/mol. The summed E-state index contributed by atoms with van der Waals surface area (Å²) in [5, 5.41) is 64.1. The Hall–Kier alpha value is -5.40. The van der Waals surface area contributed by atoms with Crippen LogP contribution >= 0.6 is 0 Å². The van der Waals surface area contributed by atoms with Gasteiger partial charge in [0, 0.05) is 109 Å². The molecule has 24 heteroatoms. The first-order chi connectivity index (χ1) is 30.4. The van der Waals surface area contributed by atoms with Crippen LogP contribution in [0.1, 0.15) is 27.7 Å². The van der Waals surface area contributed by atoms with Crippen LogP contribution in [0.15, 0.2) is 148 Å². The third kappa shape index (κ3) is 12.5. The number of benzene rings is 6. The van der Waals surface area contributed by atoms with Crippen LogP contribution < -0.4 is 15.5 Å². The molecule has 0 atom stereocenters. The Morgan fingerprint density at radius 2 is 0.818 bits per heavy atom. The number of aromatic hydroxyl groups is 3. The summed E-state index contributed by atoms with van der Waals surface area (Å²) in [7, 11) is -10.2. The van der Waals surface area contributed by atoms with Crippen LogP contribution in [0.5, 0.6) is 17.2 Å². The van der Waals surface area contributed by atoms with E-state index in [4.69, 9.17) is 5.73 Å². The average Bonchev–Trinajstić information content (AvgIpc) is 3.26. The first kappa shape index (κ1) is 53.2. The fourth-order valence-corrected chi connectivity index (χ4v) is 7.81. The molecule has 0 aliphatic heterocycles.